The molecule has 1 atom stereocenters. The first-order chi connectivity index (χ1) is 17.0. The number of para-hydroxylation sites is 1. The normalized spacial score (nSPS) is 12.8. The predicted molar refractivity (Wildman–Crippen MR) is 141 cm³/mol. The zero-order valence-corrected chi connectivity index (χ0v) is 19.9. The largest absolute Gasteiger partial charge is 0.390 e. The summed E-state index contributed by atoms with van der Waals surface area (Å²) in [5, 5.41) is 4.05. The van der Waals surface area contributed by atoms with Crippen LogP contribution in [0.1, 0.15) is 30.8 Å². The second-order valence-electron chi connectivity index (χ2n) is 7.49. The first-order valence-electron chi connectivity index (χ1n) is 10.8. The average Bonchev–Trinajstić information content (AvgIpc) is 2.86. The van der Waals surface area contributed by atoms with Crippen molar-refractivity contribution in [3.8, 4) is 5.69 Å². The fraction of sp³-hybridized carbons (Fsp3) is 0.167. The minimum Gasteiger partial charge on any atom is -0.390 e. The molecule has 0 aliphatic rings. The van der Waals surface area contributed by atoms with Crippen LogP contribution in [0, 0.1) is 0 Å². The van der Waals surface area contributed by atoms with E-state index in [1.807, 2.05) is 37.3 Å². The zero-order chi connectivity index (χ0) is 24.9. The van der Waals surface area contributed by atoms with Crippen LogP contribution in [0.2, 0.25) is 5.02 Å². The van der Waals surface area contributed by atoms with Crippen LogP contribution in [-0.4, -0.2) is 38.7 Å². The topological polar surface area (TPSA) is 149 Å². The Morgan fingerprint density at radius 3 is 2.66 bits per heavy atom. The van der Waals surface area contributed by atoms with E-state index < -0.39 is 6.04 Å². The highest BCUT2D eigenvalue weighted by molar-refractivity contribution is 6.35. The third-order valence-corrected chi connectivity index (χ3v) is 5.74. The quantitative estimate of drug-likeness (QED) is 0.277. The molecule has 4 aromatic rings. The summed E-state index contributed by atoms with van der Waals surface area (Å²) in [7, 11) is 1.57. The first kappa shape index (κ1) is 23.8. The molecule has 5 N–H and O–H groups in total. The van der Waals surface area contributed by atoms with Crippen molar-refractivity contribution in [2.24, 2.45) is 15.7 Å². The Labute approximate surface area is 206 Å². The first-order valence-corrected chi connectivity index (χ1v) is 11.2. The summed E-state index contributed by atoms with van der Waals surface area (Å²) >= 11 is 6.40. The molecule has 0 aliphatic heterocycles. The lowest BCUT2D eigenvalue weighted by Gasteiger charge is -2.23. The fourth-order valence-corrected chi connectivity index (χ4v) is 4.07. The molecule has 0 saturated carbocycles. The molecular weight excluding hydrogens is 466 g/mol. The molecule has 0 bridgehead atoms. The molecular formula is C24H24ClN9O. The maximum atomic E-state index is 13.7. The molecule has 0 radical (unpaired) electrons. The van der Waals surface area contributed by atoms with E-state index in [4.69, 9.17) is 28.1 Å². The lowest BCUT2D eigenvalue weighted by atomic mass is 10.1. The number of anilines is 2. The predicted octanol–water partition coefficient (Wildman–Crippen LogP) is 3.34. The van der Waals surface area contributed by atoms with E-state index >= 15 is 0 Å². The number of fused-ring (bicyclic) bond motifs is 1. The molecule has 0 unspecified atom stereocenters. The Morgan fingerprint density at radius 1 is 1.20 bits per heavy atom. The molecule has 178 valence electrons. The van der Waals surface area contributed by atoms with Crippen molar-refractivity contribution in [3.63, 3.8) is 0 Å². The smallest absolute Gasteiger partial charge is 0.267 e. The lowest BCUT2D eigenvalue weighted by molar-refractivity contribution is 0.658. The number of aromatic nitrogens is 4. The highest BCUT2D eigenvalue weighted by Gasteiger charge is 2.24. The maximum Gasteiger partial charge on any atom is 0.267 e. The summed E-state index contributed by atoms with van der Waals surface area (Å²) in [5.74, 6) is 1.32. The van der Waals surface area contributed by atoms with Gasteiger partial charge in [-0.15, -0.1) is 0 Å². The second kappa shape index (κ2) is 10.3. The van der Waals surface area contributed by atoms with Gasteiger partial charge in [0, 0.05) is 7.05 Å². The highest BCUT2D eigenvalue weighted by Crippen LogP contribution is 2.28. The molecule has 35 heavy (non-hydrogen) atoms. The molecule has 0 amide bonds. The number of rotatable bonds is 6. The van der Waals surface area contributed by atoms with Crippen LogP contribution in [0.3, 0.4) is 0 Å². The summed E-state index contributed by atoms with van der Waals surface area (Å²) in [6, 6.07) is 14.0. The van der Waals surface area contributed by atoms with E-state index in [0.717, 1.165) is 6.34 Å². The van der Waals surface area contributed by atoms with Gasteiger partial charge in [0.25, 0.3) is 5.56 Å². The van der Waals surface area contributed by atoms with E-state index in [0.29, 0.717) is 45.2 Å². The Bertz CT molecular complexity index is 1480. The number of aliphatic imine (C=N–C) groups is 2. The van der Waals surface area contributed by atoms with Crippen molar-refractivity contribution < 1.29 is 0 Å². The molecule has 2 heterocycles. The van der Waals surface area contributed by atoms with Gasteiger partial charge < -0.3 is 16.8 Å². The van der Waals surface area contributed by atoms with Gasteiger partial charge in [-0.2, -0.15) is 0 Å². The van der Waals surface area contributed by atoms with E-state index in [1.165, 1.54) is 6.33 Å². The minimum atomic E-state index is -0.445. The Kier molecular flexibility index (Phi) is 7.02. The van der Waals surface area contributed by atoms with Crippen molar-refractivity contribution in [1.82, 2.24) is 19.5 Å². The second-order valence-corrected chi connectivity index (χ2v) is 7.90. The fourth-order valence-electron chi connectivity index (χ4n) is 3.82. The minimum absolute atomic E-state index is 0.183. The molecule has 0 aliphatic carbocycles. The molecule has 4 rings (SSSR count). The van der Waals surface area contributed by atoms with Crippen molar-refractivity contribution >= 4 is 46.3 Å². The summed E-state index contributed by atoms with van der Waals surface area (Å²) in [5.41, 5.74) is 12.9. The van der Waals surface area contributed by atoms with Crippen LogP contribution in [0.5, 0.6) is 0 Å². The molecule has 2 aromatic carbocycles. The van der Waals surface area contributed by atoms with Crippen LogP contribution in [0.15, 0.2) is 69.6 Å². The van der Waals surface area contributed by atoms with Crippen LogP contribution >= 0.6 is 11.6 Å². The van der Waals surface area contributed by atoms with Crippen molar-refractivity contribution in [1.29, 1.82) is 0 Å². The Balaban J connectivity index is 1.94. The van der Waals surface area contributed by atoms with Crippen LogP contribution in [0.4, 0.5) is 11.6 Å². The molecule has 0 fully saturated rings. The number of halogens is 1. The third kappa shape index (κ3) is 4.56. The molecule has 0 spiro atoms. The van der Waals surface area contributed by atoms with E-state index in [2.05, 4.69) is 25.3 Å². The van der Waals surface area contributed by atoms with Gasteiger partial charge in [-0.05, 0) is 30.7 Å². The molecule has 11 heteroatoms. The summed E-state index contributed by atoms with van der Waals surface area (Å²) in [6.45, 7) is 1.97. The number of amidine groups is 1. The van der Waals surface area contributed by atoms with Crippen molar-refractivity contribution in [2.75, 3.05) is 18.1 Å². The Morgan fingerprint density at radius 2 is 1.97 bits per heavy atom. The third-order valence-electron chi connectivity index (χ3n) is 5.43. The van der Waals surface area contributed by atoms with Gasteiger partial charge in [-0.25, -0.2) is 19.9 Å². The van der Waals surface area contributed by atoms with Crippen molar-refractivity contribution in [3.05, 3.63) is 81.6 Å². The number of nitrogens with two attached hydrogens (primary N) is 2. The number of hydrogen-bond donors (Lipinski definition) is 3. The molecule has 2 aromatic heterocycles. The number of nitrogens with zero attached hydrogens (tertiary/aromatic N) is 6. The number of hydrogen-bond acceptors (Lipinski definition) is 7. The number of nitrogens with one attached hydrogen (secondary N) is 1. The Hall–Kier alpha value is -4.31. The average molecular weight is 490 g/mol. The van der Waals surface area contributed by atoms with Crippen molar-refractivity contribution in [2.45, 2.75) is 19.4 Å². The van der Waals surface area contributed by atoms with Gasteiger partial charge in [0.05, 0.1) is 34.0 Å². The molecule has 0 saturated heterocycles. The van der Waals surface area contributed by atoms with Gasteiger partial charge >= 0.3 is 0 Å². The zero-order valence-electron chi connectivity index (χ0n) is 19.2. The van der Waals surface area contributed by atoms with Gasteiger partial charge in [0.1, 0.15) is 29.4 Å². The van der Waals surface area contributed by atoms with Crippen LogP contribution < -0.4 is 22.3 Å². The SMILES string of the molecule is CC[C@H](Nc1ncnc(N)c1C(N=CN)=NC)c1nc2cccc(Cl)c2c(=O)n1-c1ccccc1. The van der Waals surface area contributed by atoms with Gasteiger partial charge in [-0.3, -0.25) is 14.4 Å². The summed E-state index contributed by atoms with van der Waals surface area (Å²) in [6.07, 6.45) is 3.02. The van der Waals surface area contributed by atoms with E-state index in [-0.39, 0.29) is 17.2 Å². The number of nitrogen functional groups attached to an aromatic ring is 1. The standard InChI is InChI=1S/C24H24ClN9O/c1-3-16(32-22-19(20(27)30-13-31-22)21(28-2)29-12-26)23-33-17-11-7-10-15(25)18(17)24(35)34(23)14-8-5-4-6-9-14/h4-13,16H,3H2,1-2H3,(H2,26,28,29)(H3,27,30,31,32)/t16-/m0/s1. The lowest BCUT2D eigenvalue weighted by Crippen LogP contribution is -2.29. The summed E-state index contributed by atoms with van der Waals surface area (Å²) < 4.78 is 1.56. The molecule has 10 nitrogen and oxygen atoms in total. The van der Waals surface area contributed by atoms with Crippen LogP contribution in [-0.2, 0) is 0 Å². The monoisotopic (exact) mass is 489 g/mol. The highest BCUT2D eigenvalue weighted by atomic mass is 35.5. The van der Waals surface area contributed by atoms with E-state index in [9.17, 15) is 4.79 Å². The van der Waals surface area contributed by atoms with Gasteiger partial charge in [-0.1, -0.05) is 42.8 Å². The maximum absolute atomic E-state index is 13.7. The summed E-state index contributed by atoms with van der Waals surface area (Å²) in [4.78, 5) is 35.3. The van der Waals surface area contributed by atoms with Crippen LogP contribution in [0.25, 0.3) is 16.6 Å². The van der Waals surface area contributed by atoms with Gasteiger partial charge in [0.2, 0.25) is 0 Å². The number of benzene rings is 2. The van der Waals surface area contributed by atoms with Gasteiger partial charge in [0.15, 0.2) is 5.84 Å². The van der Waals surface area contributed by atoms with E-state index in [1.54, 1.807) is 29.8 Å².